The Hall–Kier alpha value is -1.32. The molecule has 0 unspecified atom stereocenters. The van der Waals surface area contributed by atoms with Crippen molar-refractivity contribution in [3.8, 4) is 5.75 Å². The predicted molar refractivity (Wildman–Crippen MR) is 76.7 cm³/mol. The molecule has 0 saturated carbocycles. The van der Waals surface area contributed by atoms with E-state index < -0.39 is 5.54 Å². The summed E-state index contributed by atoms with van der Waals surface area (Å²) in [6.45, 7) is 3.73. The molecule has 98 valence electrons. The quantitative estimate of drug-likeness (QED) is 0.833. The van der Waals surface area contributed by atoms with Crippen molar-refractivity contribution in [2.24, 2.45) is 4.99 Å². The number of rotatable bonds is 5. The van der Waals surface area contributed by atoms with Crippen LogP contribution in [0.2, 0.25) is 5.02 Å². The molecule has 18 heavy (non-hydrogen) atoms. The molecule has 0 spiro atoms. The summed E-state index contributed by atoms with van der Waals surface area (Å²) in [5, 5.41) is 9.71. The molecule has 0 aliphatic heterocycles. The van der Waals surface area contributed by atoms with Crippen LogP contribution in [-0.2, 0) is 0 Å². The van der Waals surface area contributed by atoms with Gasteiger partial charge in [0, 0.05) is 16.8 Å². The lowest BCUT2D eigenvalue weighted by molar-refractivity contribution is 0.223. The summed E-state index contributed by atoms with van der Waals surface area (Å²) in [4.78, 5) is 4.23. The molecule has 4 heteroatoms. The molecule has 1 N–H and O–H groups in total. The van der Waals surface area contributed by atoms with Gasteiger partial charge in [-0.05, 0) is 44.2 Å². The molecular formula is C14H18ClNO2. The van der Waals surface area contributed by atoms with Gasteiger partial charge in [0.1, 0.15) is 5.75 Å². The Balaban J connectivity index is 2.81. The second-order valence-electron chi connectivity index (χ2n) is 4.49. The smallest absolute Gasteiger partial charge is 0.126 e. The molecule has 0 aliphatic rings. The van der Waals surface area contributed by atoms with E-state index >= 15 is 0 Å². The van der Waals surface area contributed by atoms with Crippen LogP contribution >= 0.6 is 11.6 Å². The summed E-state index contributed by atoms with van der Waals surface area (Å²) >= 11 is 5.93. The number of nitrogens with zero attached hydrogens (tertiary/aromatic N) is 1. The van der Waals surface area contributed by atoms with E-state index in [4.69, 9.17) is 21.4 Å². The molecule has 0 aliphatic carbocycles. The Labute approximate surface area is 113 Å². The van der Waals surface area contributed by atoms with E-state index in [-0.39, 0.29) is 6.61 Å². The van der Waals surface area contributed by atoms with Crippen LogP contribution in [0.25, 0.3) is 6.08 Å². The first-order valence-corrected chi connectivity index (χ1v) is 6.02. The van der Waals surface area contributed by atoms with Crippen molar-refractivity contribution >= 4 is 23.9 Å². The molecule has 0 saturated heterocycles. The Kier molecular flexibility index (Phi) is 5.38. The maximum atomic E-state index is 9.05. The normalized spacial score (nSPS) is 12.5. The van der Waals surface area contributed by atoms with Crippen LogP contribution in [0.4, 0.5) is 0 Å². The number of aliphatic hydroxyl groups excluding tert-OH is 1. The van der Waals surface area contributed by atoms with Gasteiger partial charge >= 0.3 is 0 Å². The Morgan fingerprint density at radius 2 is 2.17 bits per heavy atom. The van der Waals surface area contributed by atoms with Crippen LogP contribution in [0.3, 0.4) is 0 Å². The fourth-order valence-corrected chi connectivity index (χ4v) is 1.45. The zero-order valence-electron chi connectivity index (χ0n) is 10.9. The SMILES string of the molecule is COc1ccc(Cl)cc1C=CC=NC(C)(C)CO. The van der Waals surface area contributed by atoms with Crippen LogP contribution in [0.15, 0.2) is 29.3 Å². The Morgan fingerprint density at radius 1 is 1.44 bits per heavy atom. The fourth-order valence-electron chi connectivity index (χ4n) is 1.27. The van der Waals surface area contributed by atoms with Crippen LogP contribution in [0.1, 0.15) is 19.4 Å². The molecule has 1 aromatic carbocycles. The molecule has 0 radical (unpaired) electrons. The zero-order valence-corrected chi connectivity index (χ0v) is 11.6. The van der Waals surface area contributed by atoms with Gasteiger partial charge in [0.15, 0.2) is 0 Å². The van der Waals surface area contributed by atoms with Crippen molar-refractivity contribution < 1.29 is 9.84 Å². The van der Waals surface area contributed by atoms with Gasteiger partial charge in [-0.15, -0.1) is 0 Å². The third-order valence-electron chi connectivity index (χ3n) is 2.36. The first-order valence-electron chi connectivity index (χ1n) is 5.65. The van der Waals surface area contributed by atoms with E-state index in [0.29, 0.717) is 5.02 Å². The molecule has 0 bridgehead atoms. The Bertz CT molecular complexity index is 453. The predicted octanol–water partition coefficient (Wildman–Crippen LogP) is 3.20. The summed E-state index contributed by atoms with van der Waals surface area (Å²) in [5.41, 5.74) is 0.432. The summed E-state index contributed by atoms with van der Waals surface area (Å²) < 4.78 is 5.23. The summed E-state index contributed by atoms with van der Waals surface area (Å²) in [6.07, 6.45) is 5.32. The second kappa shape index (κ2) is 6.57. The lowest BCUT2D eigenvalue weighted by atomic mass is 10.1. The molecule has 1 rings (SSSR count). The molecule has 0 fully saturated rings. The molecule has 0 atom stereocenters. The minimum absolute atomic E-state index is 0.0117. The molecule has 0 heterocycles. The molecule has 1 aromatic rings. The largest absolute Gasteiger partial charge is 0.496 e. The van der Waals surface area contributed by atoms with E-state index in [1.54, 1.807) is 25.5 Å². The van der Waals surface area contributed by atoms with E-state index in [2.05, 4.69) is 4.99 Å². The fraction of sp³-hybridized carbons (Fsp3) is 0.357. The van der Waals surface area contributed by atoms with Gasteiger partial charge in [-0.3, -0.25) is 4.99 Å². The van der Waals surface area contributed by atoms with Gasteiger partial charge in [-0.25, -0.2) is 0 Å². The highest BCUT2D eigenvalue weighted by molar-refractivity contribution is 6.30. The second-order valence-corrected chi connectivity index (χ2v) is 4.93. The maximum absolute atomic E-state index is 9.05. The summed E-state index contributed by atoms with van der Waals surface area (Å²) in [6, 6.07) is 5.42. The minimum Gasteiger partial charge on any atom is -0.496 e. The van der Waals surface area contributed by atoms with Gasteiger partial charge in [-0.1, -0.05) is 11.6 Å². The van der Waals surface area contributed by atoms with Crippen molar-refractivity contribution in [1.29, 1.82) is 0 Å². The number of methoxy groups -OCH3 is 1. The average Bonchev–Trinajstić information content (AvgIpc) is 2.35. The lowest BCUT2D eigenvalue weighted by Gasteiger charge is -2.14. The monoisotopic (exact) mass is 267 g/mol. The summed E-state index contributed by atoms with van der Waals surface area (Å²) in [7, 11) is 1.61. The molecule has 0 amide bonds. The van der Waals surface area contributed by atoms with Gasteiger partial charge in [0.05, 0.1) is 19.3 Å². The third-order valence-corrected chi connectivity index (χ3v) is 2.60. The standard InChI is InChI=1S/C14H18ClNO2/c1-14(2,10-17)16-8-4-5-11-9-12(15)6-7-13(11)18-3/h4-9,17H,10H2,1-3H3. The Morgan fingerprint density at radius 3 is 2.78 bits per heavy atom. The third kappa shape index (κ3) is 4.51. The summed E-state index contributed by atoms with van der Waals surface area (Å²) in [5.74, 6) is 0.755. The number of halogens is 1. The van der Waals surface area contributed by atoms with E-state index in [1.165, 1.54) is 0 Å². The first kappa shape index (κ1) is 14.7. The van der Waals surface area contributed by atoms with Crippen LogP contribution in [0.5, 0.6) is 5.75 Å². The highest BCUT2D eigenvalue weighted by atomic mass is 35.5. The highest BCUT2D eigenvalue weighted by Gasteiger charge is 2.11. The molecule has 3 nitrogen and oxygen atoms in total. The average molecular weight is 268 g/mol. The van der Waals surface area contributed by atoms with Crippen molar-refractivity contribution in [2.75, 3.05) is 13.7 Å². The van der Waals surface area contributed by atoms with Crippen molar-refractivity contribution in [3.63, 3.8) is 0 Å². The van der Waals surface area contributed by atoms with Crippen LogP contribution in [-0.4, -0.2) is 30.6 Å². The van der Waals surface area contributed by atoms with E-state index in [0.717, 1.165) is 11.3 Å². The van der Waals surface area contributed by atoms with Gasteiger partial charge in [0.25, 0.3) is 0 Å². The molecule has 0 aromatic heterocycles. The minimum atomic E-state index is -0.456. The van der Waals surface area contributed by atoms with Crippen LogP contribution < -0.4 is 4.74 Å². The van der Waals surface area contributed by atoms with Gasteiger partial charge < -0.3 is 9.84 Å². The number of ether oxygens (including phenoxy) is 1. The number of hydrogen-bond acceptors (Lipinski definition) is 3. The van der Waals surface area contributed by atoms with E-state index in [1.807, 2.05) is 32.1 Å². The van der Waals surface area contributed by atoms with Gasteiger partial charge in [0.2, 0.25) is 0 Å². The number of benzene rings is 1. The number of aliphatic imine (C=N–C) groups is 1. The van der Waals surface area contributed by atoms with Crippen LogP contribution in [0, 0.1) is 0 Å². The van der Waals surface area contributed by atoms with Crippen molar-refractivity contribution in [2.45, 2.75) is 19.4 Å². The van der Waals surface area contributed by atoms with E-state index in [9.17, 15) is 0 Å². The molecular weight excluding hydrogens is 250 g/mol. The zero-order chi connectivity index (χ0) is 13.6. The number of hydrogen-bond donors (Lipinski definition) is 1. The van der Waals surface area contributed by atoms with Gasteiger partial charge in [-0.2, -0.15) is 0 Å². The maximum Gasteiger partial charge on any atom is 0.126 e. The highest BCUT2D eigenvalue weighted by Crippen LogP contribution is 2.23. The van der Waals surface area contributed by atoms with Crippen molar-refractivity contribution in [3.05, 3.63) is 34.9 Å². The number of aliphatic hydroxyl groups is 1. The van der Waals surface area contributed by atoms with Crippen molar-refractivity contribution in [1.82, 2.24) is 0 Å². The number of allylic oxidation sites excluding steroid dienone is 1. The first-order chi connectivity index (χ1) is 8.48. The lowest BCUT2D eigenvalue weighted by Crippen LogP contribution is -2.21. The topological polar surface area (TPSA) is 41.8 Å².